The number of aromatic nitrogens is 1. The minimum Gasteiger partial charge on any atom is -0.359 e. The van der Waals surface area contributed by atoms with Gasteiger partial charge in [0.05, 0.1) is 17.6 Å². The zero-order valence-corrected chi connectivity index (χ0v) is 16.9. The number of rotatable bonds is 4. The van der Waals surface area contributed by atoms with Gasteiger partial charge in [-0.1, -0.05) is 25.3 Å². The Hall–Kier alpha value is -1.60. The van der Waals surface area contributed by atoms with Gasteiger partial charge in [0.2, 0.25) is 10.0 Å². The van der Waals surface area contributed by atoms with Gasteiger partial charge in [0.25, 0.3) is 0 Å². The lowest BCUT2D eigenvalue weighted by Gasteiger charge is -2.22. The van der Waals surface area contributed by atoms with E-state index in [1.807, 2.05) is 19.1 Å². The minimum absolute atomic E-state index is 0.0331. The number of nitrogens with one attached hydrogen (secondary N) is 1. The first kappa shape index (κ1) is 17.8. The molecule has 26 heavy (non-hydrogen) atoms. The van der Waals surface area contributed by atoms with Crippen molar-refractivity contribution < 1.29 is 8.42 Å². The molecule has 0 spiro atoms. The van der Waals surface area contributed by atoms with Crippen molar-refractivity contribution in [2.24, 2.45) is 0 Å². The lowest BCUT2D eigenvalue weighted by atomic mass is 9.96. The van der Waals surface area contributed by atoms with E-state index in [2.05, 4.69) is 16.8 Å². The number of anilines is 2. The van der Waals surface area contributed by atoms with E-state index in [0.717, 1.165) is 34.1 Å². The van der Waals surface area contributed by atoms with Gasteiger partial charge in [-0.25, -0.2) is 13.4 Å². The highest BCUT2D eigenvalue weighted by Crippen LogP contribution is 2.37. The molecule has 1 aliphatic heterocycles. The van der Waals surface area contributed by atoms with Crippen LogP contribution in [0.15, 0.2) is 23.6 Å². The molecule has 2 heterocycles. The molecule has 1 aromatic heterocycles. The zero-order chi connectivity index (χ0) is 18.3. The Morgan fingerprint density at radius 3 is 2.73 bits per heavy atom. The van der Waals surface area contributed by atoms with Crippen LogP contribution in [0.2, 0.25) is 0 Å². The van der Waals surface area contributed by atoms with Crippen molar-refractivity contribution in [2.75, 3.05) is 15.9 Å². The van der Waals surface area contributed by atoms with Gasteiger partial charge in [-0.3, -0.25) is 4.31 Å². The van der Waals surface area contributed by atoms with Gasteiger partial charge in [0.1, 0.15) is 0 Å². The van der Waals surface area contributed by atoms with E-state index in [4.69, 9.17) is 4.98 Å². The Morgan fingerprint density at radius 2 is 2.00 bits per heavy atom. The predicted octanol–water partition coefficient (Wildman–Crippen LogP) is 4.27. The van der Waals surface area contributed by atoms with E-state index >= 15 is 0 Å². The van der Waals surface area contributed by atoms with Crippen LogP contribution in [0.25, 0.3) is 11.3 Å². The topological polar surface area (TPSA) is 62.3 Å². The number of benzene rings is 1. The average Bonchev–Trinajstić information content (AvgIpc) is 3.17. The first-order chi connectivity index (χ1) is 12.4. The Balaban J connectivity index is 1.56. The van der Waals surface area contributed by atoms with Crippen LogP contribution in [0.1, 0.15) is 44.6 Å². The van der Waals surface area contributed by atoms with Crippen molar-refractivity contribution in [3.05, 3.63) is 29.1 Å². The Kier molecular flexibility index (Phi) is 4.69. The SMILES string of the molecule is CC1Cc2cc(-c3csc(NC4CCCCC4)n3)ccc2N1S(C)(=O)=O. The lowest BCUT2D eigenvalue weighted by Crippen LogP contribution is -2.34. The molecule has 1 aliphatic carbocycles. The van der Waals surface area contributed by atoms with Crippen LogP contribution < -0.4 is 9.62 Å². The summed E-state index contributed by atoms with van der Waals surface area (Å²) in [5.74, 6) is 0. The largest absolute Gasteiger partial charge is 0.359 e. The predicted molar refractivity (Wildman–Crippen MR) is 109 cm³/mol. The quantitative estimate of drug-likeness (QED) is 0.846. The number of hydrogen-bond acceptors (Lipinski definition) is 5. The van der Waals surface area contributed by atoms with Crippen LogP contribution in [0.4, 0.5) is 10.8 Å². The Morgan fingerprint density at radius 1 is 1.23 bits per heavy atom. The van der Waals surface area contributed by atoms with Crippen LogP contribution in [0.3, 0.4) is 0 Å². The molecule has 1 saturated carbocycles. The molecule has 1 aromatic carbocycles. The molecule has 0 bridgehead atoms. The second kappa shape index (κ2) is 6.85. The molecular formula is C19H25N3O2S2. The fourth-order valence-corrected chi connectivity index (χ4v) is 6.22. The number of nitrogens with zero attached hydrogens (tertiary/aromatic N) is 2. The van der Waals surface area contributed by atoms with Crippen molar-refractivity contribution in [1.82, 2.24) is 4.98 Å². The van der Waals surface area contributed by atoms with E-state index in [1.165, 1.54) is 42.7 Å². The van der Waals surface area contributed by atoms with Crippen molar-refractivity contribution in [3.8, 4) is 11.3 Å². The molecule has 1 fully saturated rings. The number of hydrogen-bond donors (Lipinski definition) is 1. The number of fused-ring (bicyclic) bond motifs is 1. The normalized spacial score (nSPS) is 21.0. The molecule has 1 atom stereocenters. The number of sulfonamides is 1. The molecule has 7 heteroatoms. The maximum Gasteiger partial charge on any atom is 0.232 e. The third-order valence-electron chi connectivity index (χ3n) is 5.32. The van der Waals surface area contributed by atoms with Crippen LogP contribution in [-0.2, 0) is 16.4 Å². The zero-order valence-electron chi connectivity index (χ0n) is 15.2. The highest BCUT2D eigenvalue weighted by molar-refractivity contribution is 7.92. The molecule has 1 N–H and O–H groups in total. The van der Waals surface area contributed by atoms with E-state index in [0.29, 0.717) is 6.04 Å². The van der Waals surface area contributed by atoms with Crippen LogP contribution in [0, 0.1) is 0 Å². The molecule has 0 saturated heterocycles. The maximum absolute atomic E-state index is 12.1. The minimum atomic E-state index is -3.25. The van der Waals surface area contributed by atoms with Crippen molar-refractivity contribution in [3.63, 3.8) is 0 Å². The molecule has 0 radical (unpaired) electrons. The third kappa shape index (κ3) is 3.47. The maximum atomic E-state index is 12.1. The smallest absolute Gasteiger partial charge is 0.232 e. The standard InChI is InChI=1S/C19H25N3O2S2/c1-13-10-15-11-14(8-9-18(15)22(13)26(2,23)24)17-12-25-19(21-17)20-16-6-4-3-5-7-16/h8-9,11-13,16H,3-7,10H2,1-2H3,(H,20,21). The molecule has 2 aromatic rings. The van der Waals surface area contributed by atoms with Crippen molar-refractivity contribution in [1.29, 1.82) is 0 Å². The molecule has 2 aliphatic rings. The third-order valence-corrected chi connectivity index (χ3v) is 7.37. The summed E-state index contributed by atoms with van der Waals surface area (Å²) in [6.45, 7) is 1.95. The molecule has 1 unspecified atom stereocenters. The van der Waals surface area contributed by atoms with E-state index < -0.39 is 10.0 Å². The summed E-state index contributed by atoms with van der Waals surface area (Å²) in [5.41, 5.74) is 3.90. The lowest BCUT2D eigenvalue weighted by molar-refractivity contribution is 0.462. The van der Waals surface area contributed by atoms with Gasteiger partial charge in [0.15, 0.2) is 5.13 Å². The van der Waals surface area contributed by atoms with Gasteiger partial charge < -0.3 is 5.32 Å². The van der Waals surface area contributed by atoms with Crippen molar-refractivity contribution in [2.45, 2.75) is 57.5 Å². The van der Waals surface area contributed by atoms with E-state index in [-0.39, 0.29) is 6.04 Å². The molecule has 140 valence electrons. The first-order valence-electron chi connectivity index (χ1n) is 9.26. The molecule has 5 nitrogen and oxygen atoms in total. The van der Waals surface area contributed by atoms with Crippen LogP contribution >= 0.6 is 11.3 Å². The van der Waals surface area contributed by atoms with Crippen LogP contribution in [0.5, 0.6) is 0 Å². The monoisotopic (exact) mass is 391 g/mol. The summed E-state index contributed by atoms with van der Waals surface area (Å²) < 4.78 is 25.7. The van der Waals surface area contributed by atoms with Gasteiger partial charge in [-0.05, 0) is 43.9 Å². The molecular weight excluding hydrogens is 366 g/mol. The summed E-state index contributed by atoms with van der Waals surface area (Å²) in [4.78, 5) is 4.76. The van der Waals surface area contributed by atoms with Gasteiger partial charge in [0, 0.05) is 23.0 Å². The van der Waals surface area contributed by atoms with Gasteiger partial charge >= 0.3 is 0 Å². The van der Waals surface area contributed by atoms with Gasteiger partial charge in [-0.15, -0.1) is 11.3 Å². The molecule has 0 amide bonds. The Bertz CT molecular complexity index is 901. The summed E-state index contributed by atoms with van der Waals surface area (Å²) in [6.07, 6.45) is 8.43. The fourth-order valence-electron chi connectivity index (χ4n) is 4.16. The van der Waals surface area contributed by atoms with Crippen LogP contribution in [-0.4, -0.2) is 31.7 Å². The second-order valence-corrected chi connectivity index (χ2v) is 10.2. The summed E-state index contributed by atoms with van der Waals surface area (Å²) >= 11 is 1.65. The van der Waals surface area contributed by atoms with Crippen molar-refractivity contribution >= 4 is 32.2 Å². The fraction of sp³-hybridized carbons (Fsp3) is 0.526. The summed E-state index contributed by atoms with van der Waals surface area (Å²) in [6, 6.07) is 6.51. The Labute approximate surface area is 159 Å². The highest BCUT2D eigenvalue weighted by atomic mass is 32.2. The van der Waals surface area contributed by atoms with Gasteiger partial charge in [-0.2, -0.15) is 0 Å². The van der Waals surface area contributed by atoms with E-state index in [9.17, 15) is 8.42 Å². The average molecular weight is 392 g/mol. The molecule has 4 rings (SSSR count). The second-order valence-electron chi connectivity index (χ2n) is 7.47. The summed E-state index contributed by atoms with van der Waals surface area (Å²) in [7, 11) is -3.25. The first-order valence-corrected chi connectivity index (χ1v) is 12.0. The highest BCUT2D eigenvalue weighted by Gasteiger charge is 2.32. The summed E-state index contributed by atoms with van der Waals surface area (Å²) in [5, 5.41) is 6.64. The number of thiazole rings is 1. The van der Waals surface area contributed by atoms with E-state index in [1.54, 1.807) is 11.3 Å².